The highest BCUT2D eigenvalue weighted by molar-refractivity contribution is 5.87. The van der Waals surface area contributed by atoms with Gasteiger partial charge in [-0.1, -0.05) is 36.4 Å². The molecule has 2 rings (SSSR count). The van der Waals surface area contributed by atoms with Gasteiger partial charge in [0.1, 0.15) is 0 Å². The van der Waals surface area contributed by atoms with E-state index < -0.39 is 12.0 Å². The number of carbonyl (C=O) groups excluding carboxylic acids is 1. The van der Waals surface area contributed by atoms with Crippen LogP contribution in [-0.2, 0) is 4.79 Å². The third kappa shape index (κ3) is 4.31. The number of benzene rings is 2. The highest BCUT2D eigenvalue weighted by Gasteiger charge is 2.16. The predicted molar refractivity (Wildman–Crippen MR) is 86.4 cm³/mol. The number of aliphatic hydroxyl groups is 1. The van der Waals surface area contributed by atoms with Crippen molar-refractivity contribution in [2.75, 3.05) is 6.61 Å². The van der Waals surface area contributed by atoms with Crippen LogP contribution in [0.25, 0.3) is 0 Å². The minimum Gasteiger partial charge on any atom is -0.504 e. The Morgan fingerprint density at radius 3 is 2.70 bits per heavy atom. The van der Waals surface area contributed by atoms with Crippen LogP contribution >= 0.6 is 0 Å². The van der Waals surface area contributed by atoms with Crippen LogP contribution in [0.2, 0.25) is 0 Å². The summed E-state index contributed by atoms with van der Waals surface area (Å²) in [5.41, 5.74) is 3.10. The Morgan fingerprint density at radius 2 is 2.00 bits per heavy atom. The number of rotatable bonds is 6. The van der Waals surface area contributed by atoms with E-state index in [4.69, 9.17) is 4.74 Å². The fourth-order valence-corrected chi connectivity index (χ4v) is 1.93. The van der Waals surface area contributed by atoms with Crippen LogP contribution in [0.15, 0.2) is 53.6 Å². The van der Waals surface area contributed by atoms with Gasteiger partial charge in [-0.15, -0.1) is 0 Å². The van der Waals surface area contributed by atoms with Crippen molar-refractivity contribution in [1.82, 2.24) is 5.43 Å². The first kappa shape index (κ1) is 16.5. The van der Waals surface area contributed by atoms with Gasteiger partial charge in [0.05, 0.1) is 12.8 Å². The Hall–Kier alpha value is -2.86. The standard InChI is InChI=1S/C17H18N2O4/c1-2-23-14-10-6-9-13(15(14)20)11-18-19-17(22)16(21)12-7-4-3-5-8-12/h3-11,16,20-21H,2H2,1H3,(H,19,22)/b18-11+/t16-/m1/s1. The van der Waals surface area contributed by atoms with Gasteiger partial charge >= 0.3 is 0 Å². The quantitative estimate of drug-likeness (QED) is 0.561. The molecule has 6 nitrogen and oxygen atoms in total. The zero-order valence-electron chi connectivity index (χ0n) is 12.6. The van der Waals surface area contributed by atoms with Crippen LogP contribution in [0.4, 0.5) is 0 Å². The van der Waals surface area contributed by atoms with Crippen molar-refractivity contribution in [1.29, 1.82) is 0 Å². The van der Waals surface area contributed by atoms with Crippen molar-refractivity contribution in [2.45, 2.75) is 13.0 Å². The van der Waals surface area contributed by atoms with Crippen molar-refractivity contribution in [3.05, 3.63) is 59.7 Å². The molecule has 23 heavy (non-hydrogen) atoms. The molecule has 0 bridgehead atoms. The maximum Gasteiger partial charge on any atom is 0.273 e. The lowest BCUT2D eigenvalue weighted by Gasteiger charge is -2.09. The van der Waals surface area contributed by atoms with E-state index in [-0.39, 0.29) is 5.75 Å². The number of hydrogen-bond acceptors (Lipinski definition) is 5. The lowest BCUT2D eigenvalue weighted by Crippen LogP contribution is -2.25. The van der Waals surface area contributed by atoms with E-state index in [1.54, 1.807) is 48.5 Å². The summed E-state index contributed by atoms with van der Waals surface area (Å²) in [6.07, 6.45) is -0.0234. The second-order valence-electron chi connectivity index (χ2n) is 4.67. The van der Waals surface area contributed by atoms with E-state index in [1.165, 1.54) is 6.21 Å². The molecule has 0 unspecified atom stereocenters. The van der Waals surface area contributed by atoms with Crippen LogP contribution in [-0.4, -0.2) is 28.9 Å². The highest BCUT2D eigenvalue weighted by Crippen LogP contribution is 2.28. The molecule has 0 aliphatic carbocycles. The van der Waals surface area contributed by atoms with Gasteiger partial charge in [-0.25, -0.2) is 5.43 Å². The van der Waals surface area contributed by atoms with Gasteiger partial charge in [-0.2, -0.15) is 5.10 Å². The molecule has 1 amide bonds. The number of carbonyl (C=O) groups is 1. The molecule has 0 heterocycles. The van der Waals surface area contributed by atoms with Crippen LogP contribution in [0.3, 0.4) is 0 Å². The van der Waals surface area contributed by atoms with Crippen molar-refractivity contribution in [3.8, 4) is 11.5 Å². The lowest BCUT2D eigenvalue weighted by molar-refractivity contribution is -0.129. The Morgan fingerprint density at radius 1 is 1.26 bits per heavy atom. The number of hydrazone groups is 1. The smallest absolute Gasteiger partial charge is 0.273 e. The lowest BCUT2D eigenvalue weighted by atomic mass is 10.1. The minimum atomic E-state index is -1.31. The molecule has 0 aliphatic rings. The second kappa shape index (κ2) is 7.95. The summed E-state index contributed by atoms with van der Waals surface area (Å²) in [4.78, 5) is 11.8. The zero-order valence-corrected chi connectivity index (χ0v) is 12.6. The van der Waals surface area contributed by atoms with E-state index >= 15 is 0 Å². The van der Waals surface area contributed by atoms with E-state index in [0.29, 0.717) is 23.5 Å². The molecule has 0 aromatic heterocycles. The average molecular weight is 314 g/mol. The molecule has 2 aromatic carbocycles. The molecule has 0 saturated heterocycles. The molecule has 0 radical (unpaired) electrons. The number of nitrogens with zero attached hydrogens (tertiary/aromatic N) is 1. The summed E-state index contributed by atoms with van der Waals surface area (Å²) >= 11 is 0. The average Bonchev–Trinajstić information content (AvgIpc) is 2.58. The minimum absolute atomic E-state index is 0.0593. The van der Waals surface area contributed by atoms with E-state index in [0.717, 1.165) is 0 Å². The summed E-state index contributed by atoms with van der Waals surface area (Å²) in [6, 6.07) is 13.5. The fourth-order valence-electron chi connectivity index (χ4n) is 1.93. The second-order valence-corrected chi connectivity index (χ2v) is 4.67. The monoisotopic (exact) mass is 314 g/mol. The molecule has 0 fully saturated rings. The van der Waals surface area contributed by atoms with Gasteiger partial charge < -0.3 is 14.9 Å². The topological polar surface area (TPSA) is 91.2 Å². The van der Waals surface area contributed by atoms with Crippen molar-refractivity contribution in [3.63, 3.8) is 0 Å². The van der Waals surface area contributed by atoms with Crippen LogP contribution in [0.1, 0.15) is 24.2 Å². The Kier molecular flexibility index (Phi) is 5.71. The molecule has 1 atom stereocenters. The molecule has 6 heteroatoms. The first-order valence-electron chi connectivity index (χ1n) is 7.14. The van der Waals surface area contributed by atoms with Gasteiger partial charge in [0.15, 0.2) is 17.6 Å². The number of amides is 1. The van der Waals surface area contributed by atoms with E-state index in [2.05, 4.69) is 10.5 Å². The maximum absolute atomic E-state index is 11.8. The first-order valence-corrected chi connectivity index (χ1v) is 7.14. The number of phenolic OH excluding ortho intramolecular Hbond substituents is 1. The summed E-state index contributed by atoms with van der Waals surface area (Å²) in [5, 5.41) is 23.6. The van der Waals surface area contributed by atoms with Crippen LogP contribution < -0.4 is 10.2 Å². The number of aliphatic hydroxyl groups excluding tert-OH is 1. The Balaban J connectivity index is 2.02. The normalized spacial score (nSPS) is 12.1. The summed E-state index contributed by atoms with van der Waals surface area (Å²) in [6.45, 7) is 2.24. The Bertz CT molecular complexity index is 686. The predicted octanol–water partition coefficient (Wildman–Crippen LogP) is 1.97. The summed E-state index contributed by atoms with van der Waals surface area (Å²) in [7, 11) is 0. The van der Waals surface area contributed by atoms with Gasteiger partial charge in [-0.3, -0.25) is 4.79 Å². The van der Waals surface area contributed by atoms with E-state index in [9.17, 15) is 15.0 Å². The summed E-state index contributed by atoms with van der Waals surface area (Å²) in [5.74, 6) is -0.379. The number of para-hydroxylation sites is 1. The van der Waals surface area contributed by atoms with Crippen molar-refractivity contribution >= 4 is 12.1 Å². The van der Waals surface area contributed by atoms with Crippen LogP contribution in [0, 0.1) is 0 Å². The van der Waals surface area contributed by atoms with Crippen molar-refractivity contribution < 1.29 is 19.7 Å². The molecular weight excluding hydrogens is 296 g/mol. The maximum atomic E-state index is 11.8. The molecule has 0 spiro atoms. The van der Waals surface area contributed by atoms with Gasteiger partial charge in [0.25, 0.3) is 5.91 Å². The largest absolute Gasteiger partial charge is 0.504 e. The molecule has 2 aromatic rings. The first-order chi connectivity index (χ1) is 11.1. The number of phenols is 1. The van der Waals surface area contributed by atoms with Gasteiger partial charge in [-0.05, 0) is 24.6 Å². The number of aromatic hydroxyl groups is 1. The number of hydrogen-bond donors (Lipinski definition) is 3. The molecule has 0 aliphatic heterocycles. The summed E-state index contributed by atoms with van der Waals surface area (Å²) < 4.78 is 5.26. The number of ether oxygens (including phenoxy) is 1. The van der Waals surface area contributed by atoms with Crippen molar-refractivity contribution in [2.24, 2.45) is 5.10 Å². The third-order valence-electron chi connectivity index (χ3n) is 3.07. The van der Waals surface area contributed by atoms with Gasteiger partial charge in [0, 0.05) is 5.56 Å². The fraction of sp³-hybridized carbons (Fsp3) is 0.176. The SMILES string of the molecule is CCOc1cccc(/C=N/NC(=O)[C@H](O)c2ccccc2)c1O. The Labute approximate surface area is 134 Å². The molecular formula is C17H18N2O4. The highest BCUT2D eigenvalue weighted by atomic mass is 16.5. The molecule has 120 valence electrons. The number of nitrogens with one attached hydrogen (secondary N) is 1. The zero-order chi connectivity index (χ0) is 16.7. The molecule has 3 N–H and O–H groups in total. The van der Waals surface area contributed by atoms with Crippen LogP contribution in [0.5, 0.6) is 11.5 Å². The third-order valence-corrected chi connectivity index (χ3v) is 3.07. The molecule has 0 saturated carbocycles. The van der Waals surface area contributed by atoms with E-state index in [1.807, 2.05) is 6.92 Å². The van der Waals surface area contributed by atoms with Gasteiger partial charge in [0.2, 0.25) is 0 Å².